The zero-order valence-electron chi connectivity index (χ0n) is 16.8. The summed E-state index contributed by atoms with van der Waals surface area (Å²) in [6, 6.07) is 8.60. The van der Waals surface area contributed by atoms with E-state index in [1.165, 1.54) is 11.3 Å². The van der Waals surface area contributed by atoms with Crippen molar-refractivity contribution in [1.29, 1.82) is 0 Å². The molecule has 0 saturated carbocycles. The van der Waals surface area contributed by atoms with Crippen molar-refractivity contribution in [3.8, 4) is 21.2 Å². The Hall–Kier alpha value is -2.69. The highest BCUT2D eigenvalue weighted by atomic mass is 32.2. The lowest BCUT2D eigenvalue weighted by molar-refractivity contribution is 0.413. The Morgan fingerprint density at radius 3 is 2.53 bits per heavy atom. The first-order valence-corrected chi connectivity index (χ1v) is 12.1. The maximum Gasteiger partial charge on any atom is 0.271 e. The minimum atomic E-state index is -3.73. The summed E-state index contributed by atoms with van der Waals surface area (Å²) in [6.45, 7) is 5.77. The number of methoxy groups -OCH3 is 1. The van der Waals surface area contributed by atoms with Crippen LogP contribution in [0.2, 0.25) is 0 Å². The number of nitrogens with zero attached hydrogens (tertiary/aromatic N) is 3. The third-order valence-electron chi connectivity index (χ3n) is 4.40. The standard InChI is InChI=1S/C20H20N4O3S3/c1-12-10-24(11-21-12)16-6-5-15(9-17(16)27-4)23-30(25,26)19-8-7-18(29-19)20-13(2)22-14(3)28-20/h5-11,23H,1-4H3. The number of nitrogens with one attached hydrogen (secondary N) is 1. The molecule has 0 spiro atoms. The molecule has 1 N–H and O–H groups in total. The van der Waals surface area contributed by atoms with Gasteiger partial charge in [0, 0.05) is 17.1 Å². The van der Waals surface area contributed by atoms with E-state index in [1.807, 2.05) is 37.6 Å². The van der Waals surface area contributed by atoms with Crippen LogP contribution in [-0.2, 0) is 10.0 Å². The molecule has 1 aromatic carbocycles. The largest absolute Gasteiger partial charge is 0.494 e. The number of rotatable bonds is 6. The number of imidazole rings is 1. The average Bonchev–Trinajstić information content (AvgIpc) is 3.41. The maximum atomic E-state index is 12.9. The highest BCUT2D eigenvalue weighted by Gasteiger charge is 2.20. The number of aromatic nitrogens is 3. The van der Waals surface area contributed by atoms with Gasteiger partial charge in [-0.3, -0.25) is 4.72 Å². The first-order chi connectivity index (χ1) is 14.3. The number of ether oxygens (including phenoxy) is 1. The number of hydrogen-bond donors (Lipinski definition) is 1. The topological polar surface area (TPSA) is 86.1 Å². The predicted molar refractivity (Wildman–Crippen MR) is 121 cm³/mol. The SMILES string of the molecule is COc1cc(NS(=O)(=O)c2ccc(-c3sc(C)nc3C)s2)ccc1-n1cnc(C)c1. The van der Waals surface area contributed by atoms with Gasteiger partial charge in [-0.15, -0.1) is 22.7 Å². The van der Waals surface area contributed by atoms with Gasteiger partial charge in [0.2, 0.25) is 0 Å². The molecule has 0 atom stereocenters. The van der Waals surface area contributed by atoms with E-state index in [-0.39, 0.29) is 4.21 Å². The normalized spacial score (nSPS) is 11.6. The number of aryl methyl sites for hydroxylation is 3. The number of sulfonamides is 1. The van der Waals surface area contributed by atoms with E-state index < -0.39 is 10.0 Å². The highest BCUT2D eigenvalue weighted by Crippen LogP contribution is 2.37. The predicted octanol–water partition coefficient (Wildman–Crippen LogP) is 4.79. The van der Waals surface area contributed by atoms with Crippen LogP contribution in [0.3, 0.4) is 0 Å². The molecule has 0 aliphatic carbocycles. The fraction of sp³-hybridized carbons (Fsp3) is 0.200. The molecule has 4 rings (SSSR count). The summed E-state index contributed by atoms with van der Waals surface area (Å²) in [7, 11) is -2.18. The summed E-state index contributed by atoms with van der Waals surface area (Å²) in [5.41, 5.74) is 2.98. The molecular formula is C20H20N4O3S3. The van der Waals surface area contributed by atoms with Gasteiger partial charge in [-0.1, -0.05) is 0 Å². The van der Waals surface area contributed by atoms with Crippen LogP contribution in [0.25, 0.3) is 15.4 Å². The van der Waals surface area contributed by atoms with Crippen LogP contribution >= 0.6 is 22.7 Å². The van der Waals surface area contributed by atoms with E-state index in [2.05, 4.69) is 14.7 Å². The Kier molecular flexibility index (Phi) is 5.39. The van der Waals surface area contributed by atoms with Crippen molar-refractivity contribution >= 4 is 38.4 Å². The Morgan fingerprint density at radius 2 is 1.90 bits per heavy atom. The third-order valence-corrected chi connectivity index (χ3v) is 8.61. The lowest BCUT2D eigenvalue weighted by Gasteiger charge is -2.12. The van der Waals surface area contributed by atoms with Gasteiger partial charge in [0.15, 0.2) is 0 Å². The summed E-state index contributed by atoms with van der Waals surface area (Å²) in [6.07, 6.45) is 3.56. The van der Waals surface area contributed by atoms with Crippen LogP contribution in [0.1, 0.15) is 16.4 Å². The number of hydrogen-bond acceptors (Lipinski definition) is 7. The van der Waals surface area contributed by atoms with Crippen LogP contribution in [0.4, 0.5) is 5.69 Å². The summed E-state index contributed by atoms with van der Waals surface area (Å²) in [5.74, 6) is 0.537. The van der Waals surface area contributed by atoms with Crippen molar-refractivity contribution in [3.05, 3.63) is 59.3 Å². The maximum absolute atomic E-state index is 12.9. The number of benzene rings is 1. The molecule has 10 heteroatoms. The lowest BCUT2D eigenvalue weighted by atomic mass is 10.2. The molecule has 0 amide bonds. The fourth-order valence-corrected chi connectivity index (χ4v) is 6.50. The number of thiophene rings is 1. The van der Waals surface area contributed by atoms with Gasteiger partial charge in [-0.2, -0.15) is 0 Å². The first-order valence-electron chi connectivity index (χ1n) is 9.03. The summed E-state index contributed by atoms with van der Waals surface area (Å²) in [4.78, 5) is 10.5. The summed E-state index contributed by atoms with van der Waals surface area (Å²) < 4.78 is 36.0. The van der Waals surface area contributed by atoms with Crippen molar-refractivity contribution in [2.45, 2.75) is 25.0 Å². The van der Waals surface area contributed by atoms with E-state index in [4.69, 9.17) is 4.74 Å². The van der Waals surface area contributed by atoms with Gasteiger partial charge in [0.1, 0.15) is 9.96 Å². The van der Waals surface area contributed by atoms with Crippen molar-refractivity contribution in [1.82, 2.24) is 14.5 Å². The van der Waals surface area contributed by atoms with Gasteiger partial charge < -0.3 is 9.30 Å². The second kappa shape index (κ2) is 7.86. The molecule has 4 aromatic rings. The van der Waals surface area contributed by atoms with Gasteiger partial charge in [-0.05, 0) is 45.0 Å². The van der Waals surface area contributed by atoms with Crippen molar-refractivity contribution < 1.29 is 13.2 Å². The molecular weight excluding hydrogens is 440 g/mol. The molecule has 0 aliphatic heterocycles. The minimum absolute atomic E-state index is 0.247. The molecule has 0 saturated heterocycles. The molecule has 3 heterocycles. The van der Waals surface area contributed by atoms with Crippen LogP contribution in [0.5, 0.6) is 5.75 Å². The third kappa shape index (κ3) is 3.98. The second-order valence-electron chi connectivity index (χ2n) is 6.68. The molecule has 0 fully saturated rings. The fourth-order valence-electron chi connectivity index (χ4n) is 3.06. The Bertz CT molecular complexity index is 1320. The van der Waals surface area contributed by atoms with E-state index in [9.17, 15) is 8.42 Å². The number of thiazole rings is 1. The Labute approximate surface area is 183 Å². The molecule has 156 valence electrons. The highest BCUT2D eigenvalue weighted by molar-refractivity contribution is 7.94. The van der Waals surface area contributed by atoms with Crippen LogP contribution in [0.15, 0.2) is 47.1 Å². The first kappa shape index (κ1) is 20.6. The van der Waals surface area contributed by atoms with Gasteiger partial charge >= 0.3 is 0 Å². The molecule has 3 aromatic heterocycles. The molecule has 0 aliphatic rings. The Balaban J connectivity index is 1.61. The molecule has 0 unspecified atom stereocenters. The smallest absolute Gasteiger partial charge is 0.271 e. The summed E-state index contributed by atoms with van der Waals surface area (Å²) in [5, 5.41) is 0.957. The molecule has 7 nitrogen and oxygen atoms in total. The zero-order chi connectivity index (χ0) is 21.5. The van der Waals surface area contributed by atoms with E-state index >= 15 is 0 Å². The van der Waals surface area contributed by atoms with Crippen molar-refractivity contribution in [3.63, 3.8) is 0 Å². The van der Waals surface area contributed by atoms with Gasteiger partial charge in [-0.25, -0.2) is 18.4 Å². The van der Waals surface area contributed by atoms with Crippen LogP contribution in [0, 0.1) is 20.8 Å². The second-order valence-corrected chi connectivity index (χ2v) is 10.9. The van der Waals surface area contributed by atoms with Crippen LogP contribution < -0.4 is 9.46 Å². The molecule has 0 bridgehead atoms. The van der Waals surface area contributed by atoms with Crippen molar-refractivity contribution in [2.75, 3.05) is 11.8 Å². The summed E-state index contributed by atoms with van der Waals surface area (Å²) >= 11 is 2.79. The van der Waals surface area contributed by atoms with Gasteiger partial charge in [0.05, 0.1) is 46.1 Å². The monoisotopic (exact) mass is 460 g/mol. The minimum Gasteiger partial charge on any atom is -0.494 e. The number of anilines is 1. The van der Waals surface area contributed by atoms with Gasteiger partial charge in [0.25, 0.3) is 10.0 Å². The van der Waals surface area contributed by atoms with E-state index in [1.54, 1.807) is 49.0 Å². The molecule has 0 radical (unpaired) electrons. The zero-order valence-corrected chi connectivity index (χ0v) is 19.3. The lowest BCUT2D eigenvalue weighted by Crippen LogP contribution is -2.11. The van der Waals surface area contributed by atoms with Crippen LogP contribution in [-0.4, -0.2) is 30.1 Å². The van der Waals surface area contributed by atoms with E-state index in [0.717, 1.165) is 31.8 Å². The quantitative estimate of drug-likeness (QED) is 0.447. The van der Waals surface area contributed by atoms with Crippen molar-refractivity contribution in [2.24, 2.45) is 0 Å². The molecule has 30 heavy (non-hydrogen) atoms. The Morgan fingerprint density at radius 1 is 1.10 bits per heavy atom. The average molecular weight is 461 g/mol. The van der Waals surface area contributed by atoms with E-state index in [0.29, 0.717) is 11.4 Å².